The summed E-state index contributed by atoms with van der Waals surface area (Å²) in [5.41, 5.74) is 0. The Bertz CT molecular complexity index is 294. The molecular formula is C12H23O6P. The maximum atomic E-state index is 11.5. The lowest BCUT2D eigenvalue weighted by Crippen LogP contribution is -2.25. The Labute approximate surface area is 114 Å². The summed E-state index contributed by atoms with van der Waals surface area (Å²) in [6.45, 7) is 9.86. The van der Waals surface area contributed by atoms with Crippen LogP contribution in [0, 0.1) is 0 Å². The quantitative estimate of drug-likeness (QED) is 0.319. The van der Waals surface area contributed by atoms with Gasteiger partial charge in [0, 0.05) is 0 Å². The van der Waals surface area contributed by atoms with Crippen LogP contribution in [0.5, 0.6) is 0 Å². The summed E-state index contributed by atoms with van der Waals surface area (Å²) in [5.74, 6) is 0. The standard InChI is InChI=1S/C12H23O6P/c1-4-7-15-10-12(16-8-5-2)11-18-19(13,14)17-9-6-3/h4-5,12H,1-2,6-11H2,3H3,(H,13,14). The molecule has 6 nitrogen and oxygen atoms in total. The Morgan fingerprint density at radius 3 is 2.47 bits per heavy atom. The zero-order valence-electron chi connectivity index (χ0n) is 11.3. The molecule has 0 aliphatic rings. The topological polar surface area (TPSA) is 74.2 Å². The van der Waals surface area contributed by atoms with Crippen LogP contribution in [0.4, 0.5) is 0 Å². The van der Waals surface area contributed by atoms with Crippen molar-refractivity contribution in [2.24, 2.45) is 0 Å². The van der Waals surface area contributed by atoms with Gasteiger partial charge in [-0.1, -0.05) is 19.1 Å². The van der Waals surface area contributed by atoms with E-state index in [0.717, 1.165) is 0 Å². The normalized spacial score (nSPS) is 15.7. The average molecular weight is 294 g/mol. The molecule has 0 bridgehead atoms. The summed E-state index contributed by atoms with van der Waals surface area (Å²) in [4.78, 5) is 9.37. The van der Waals surface area contributed by atoms with Crippen LogP contribution in [-0.2, 0) is 23.1 Å². The Morgan fingerprint density at radius 1 is 1.21 bits per heavy atom. The van der Waals surface area contributed by atoms with Gasteiger partial charge in [0.25, 0.3) is 0 Å². The minimum atomic E-state index is -4.02. The van der Waals surface area contributed by atoms with Crippen LogP contribution in [0.2, 0.25) is 0 Å². The molecule has 1 N–H and O–H groups in total. The Kier molecular flexibility index (Phi) is 11.1. The second kappa shape index (κ2) is 11.3. The van der Waals surface area contributed by atoms with E-state index in [1.165, 1.54) is 0 Å². The predicted octanol–water partition coefficient (Wildman–Crippen LogP) is 2.30. The molecule has 0 rings (SSSR count). The van der Waals surface area contributed by atoms with Crippen molar-refractivity contribution in [3.63, 3.8) is 0 Å². The van der Waals surface area contributed by atoms with Gasteiger partial charge in [0.15, 0.2) is 0 Å². The van der Waals surface area contributed by atoms with Gasteiger partial charge < -0.3 is 14.4 Å². The fourth-order valence-electron chi connectivity index (χ4n) is 1.05. The molecule has 0 amide bonds. The number of phosphoric acid groups is 1. The SMILES string of the molecule is C=CCOCC(COP(=O)(O)OCCC)OCC=C. The van der Waals surface area contributed by atoms with Crippen LogP contribution >= 0.6 is 7.82 Å². The molecule has 0 saturated carbocycles. The molecule has 0 aromatic heterocycles. The van der Waals surface area contributed by atoms with Gasteiger partial charge in [-0.25, -0.2) is 4.57 Å². The van der Waals surface area contributed by atoms with Crippen molar-refractivity contribution in [2.45, 2.75) is 19.4 Å². The largest absolute Gasteiger partial charge is 0.472 e. The van der Waals surface area contributed by atoms with Crippen LogP contribution in [0.25, 0.3) is 0 Å². The van der Waals surface area contributed by atoms with Crippen molar-refractivity contribution < 1.29 is 28.0 Å². The molecule has 112 valence electrons. The summed E-state index contributed by atoms with van der Waals surface area (Å²) in [5, 5.41) is 0. The third kappa shape index (κ3) is 11.1. The van der Waals surface area contributed by atoms with Gasteiger partial charge in [0.05, 0.1) is 33.0 Å². The van der Waals surface area contributed by atoms with Crippen LogP contribution in [0.3, 0.4) is 0 Å². The Balaban J connectivity index is 4.10. The van der Waals surface area contributed by atoms with Gasteiger partial charge in [-0.15, -0.1) is 13.2 Å². The smallest absolute Gasteiger partial charge is 0.375 e. The van der Waals surface area contributed by atoms with Gasteiger partial charge in [0.2, 0.25) is 0 Å². The first-order valence-electron chi connectivity index (χ1n) is 6.08. The van der Waals surface area contributed by atoms with E-state index in [4.69, 9.17) is 18.5 Å². The number of ether oxygens (including phenoxy) is 2. The minimum Gasteiger partial charge on any atom is -0.375 e. The lowest BCUT2D eigenvalue weighted by molar-refractivity contribution is -0.0282. The van der Waals surface area contributed by atoms with Crippen LogP contribution in [0.1, 0.15) is 13.3 Å². The molecule has 0 heterocycles. The molecule has 0 spiro atoms. The third-order valence-corrected chi connectivity index (χ3v) is 2.86. The summed E-state index contributed by atoms with van der Waals surface area (Å²) in [7, 11) is -4.02. The monoisotopic (exact) mass is 294 g/mol. The lowest BCUT2D eigenvalue weighted by Gasteiger charge is -2.18. The van der Waals surface area contributed by atoms with Crippen molar-refractivity contribution in [3.8, 4) is 0 Å². The Hall–Kier alpha value is -0.490. The van der Waals surface area contributed by atoms with Crippen LogP contribution < -0.4 is 0 Å². The lowest BCUT2D eigenvalue weighted by atomic mass is 10.4. The zero-order chi connectivity index (χ0) is 14.6. The van der Waals surface area contributed by atoms with Crippen LogP contribution in [-0.4, -0.2) is 44.0 Å². The molecule has 2 unspecified atom stereocenters. The van der Waals surface area contributed by atoms with Crippen molar-refractivity contribution in [1.29, 1.82) is 0 Å². The van der Waals surface area contributed by atoms with Crippen molar-refractivity contribution >= 4 is 7.82 Å². The second-order valence-corrected chi connectivity index (χ2v) is 5.12. The fraction of sp³-hybridized carbons (Fsp3) is 0.667. The first-order valence-corrected chi connectivity index (χ1v) is 7.58. The van der Waals surface area contributed by atoms with E-state index in [9.17, 15) is 9.46 Å². The molecule has 0 radical (unpaired) electrons. The molecule has 0 aliphatic heterocycles. The average Bonchev–Trinajstić information content (AvgIpc) is 2.39. The van der Waals surface area contributed by atoms with E-state index in [1.54, 1.807) is 12.2 Å². The van der Waals surface area contributed by atoms with Crippen LogP contribution in [0.15, 0.2) is 25.3 Å². The van der Waals surface area contributed by atoms with Gasteiger partial charge in [-0.3, -0.25) is 9.05 Å². The highest BCUT2D eigenvalue weighted by Crippen LogP contribution is 2.43. The molecule has 0 aromatic rings. The van der Waals surface area contributed by atoms with E-state index in [2.05, 4.69) is 13.2 Å². The molecule has 0 aromatic carbocycles. The highest BCUT2D eigenvalue weighted by molar-refractivity contribution is 7.47. The molecule has 2 atom stereocenters. The van der Waals surface area contributed by atoms with Crippen molar-refractivity contribution in [3.05, 3.63) is 25.3 Å². The van der Waals surface area contributed by atoms with Gasteiger partial charge >= 0.3 is 7.82 Å². The number of phosphoric ester groups is 1. The third-order valence-electron chi connectivity index (χ3n) is 1.87. The molecule has 0 saturated heterocycles. The zero-order valence-corrected chi connectivity index (χ0v) is 12.2. The fourth-order valence-corrected chi connectivity index (χ4v) is 1.90. The van der Waals surface area contributed by atoms with Crippen molar-refractivity contribution in [2.75, 3.05) is 33.0 Å². The van der Waals surface area contributed by atoms with Gasteiger partial charge in [-0.05, 0) is 6.42 Å². The first-order chi connectivity index (χ1) is 9.05. The van der Waals surface area contributed by atoms with E-state index in [1.807, 2.05) is 6.92 Å². The maximum Gasteiger partial charge on any atom is 0.472 e. The highest BCUT2D eigenvalue weighted by atomic mass is 31.2. The predicted molar refractivity (Wildman–Crippen MR) is 73.0 cm³/mol. The number of hydrogen-bond acceptors (Lipinski definition) is 5. The summed E-state index contributed by atoms with van der Waals surface area (Å²) in [6.07, 6.45) is 3.34. The number of rotatable bonds is 13. The molecule has 19 heavy (non-hydrogen) atoms. The van der Waals surface area contributed by atoms with E-state index >= 15 is 0 Å². The van der Waals surface area contributed by atoms with Gasteiger partial charge in [-0.2, -0.15) is 0 Å². The highest BCUT2D eigenvalue weighted by Gasteiger charge is 2.23. The number of hydrogen-bond donors (Lipinski definition) is 1. The molecule has 0 fully saturated rings. The van der Waals surface area contributed by atoms with E-state index in [0.29, 0.717) is 19.6 Å². The van der Waals surface area contributed by atoms with Crippen molar-refractivity contribution in [1.82, 2.24) is 0 Å². The summed E-state index contributed by atoms with van der Waals surface area (Å²) in [6, 6.07) is 0. The summed E-state index contributed by atoms with van der Waals surface area (Å²) < 4.78 is 31.6. The maximum absolute atomic E-state index is 11.5. The molecule has 7 heteroatoms. The minimum absolute atomic E-state index is 0.0948. The molecular weight excluding hydrogens is 271 g/mol. The first kappa shape index (κ1) is 18.5. The summed E-state index contributed by atoms with van der Waals surface area (Å²) >= 11 is 0. The van der Waals surface area contributed by atoms with E-state index in [-0.39, 0.29) is 19.8 Å². The van der Waals surface area contributed by atoms with Gasteiger partial charge in [0.1, 0.15) is 6.10 Å². The molecule has 0 aliphatic carbocycles. The second-order valence-electron chi connectivity index (χ2n) is 3.67. The Morgan fingerprint density at radius 2 is 1.89 bits per heavy atom. The van der Waals surface area contributed by atoms with E-state index < -0.39 is 13.9 Å².